The summed E-state index contributed by atoms with van der Waals surface area (Å²) in [6, 6.07) is 0. The highest BCUT2D eigenvalue weighted by Crippen LogP contribution is 1.81. The highest BCUT2D eigenvalue weighted by atomic mass is 35.5. The van der Waals surface area contributed by atoms with Gasteiger partial charge in [0.05, 0.1) is 6.21 Å². The third-order valence-electron chi connectivity index (χ3n) is 0.450. The second-order valence-electron chi connectivity index (χ2n) is 1.02. The van der Waals surface area contributed by atoms with Crippen LogP contribution in [0.15, 0.2) is 22.8 Å². The minimum atomic E-state index is 0.350. The molecule has 0 unspecified atom stereocenters. The summed E-state index contributed by atoms with van der Waals surface area (Å²) < 4.78 is 0. The summed E-state index contributed by atoms with van der Waals surface area (Å²) in [5, 5.41) is 0.350. The van der Waals surface area contributed by atoms with E-state index in [0.717, 1.165) is 0 Å². The van der Waals surface area contributed by atoms with Gasteiger partial charge in [-0.25, -0.2) is 4.99 Å². The monoisotopic (exact) mass is 130 g/mol. The third kappa shape index (κ3) is 3.56. The van der Waals surface area contributed by atoms with Crippen molar-refractivity contribution in [2.75, 3.05) is 7.05 Å². The van der Waals surface area contributed by atoms with E-state index in [1.54, 1.807) is 7.05 Å². The number of aliphatic imine (C=N–C) groups is 2. The van der Waals surface area contributed by atoms with Gasteiger partial charge in [0.2, 0.25) is 0 Å². The van der Waals surface area contributed by atoms with E-state index in [2.05, 4.69) is 16.6 Å². The van der Waals surface area contributed by atoms with Crippen molar-refractivity contribution in [1.82, 2.24) is 0 Å². The molecule has 2 nitrogen and oxygen atoms in total. The molecule has 0 aromatic heterocycles. The number of nitrogens with zero attached hydrogens (tertiary/aromatic N) is 2. The van der Waals surface area contributed by atoms with Crippen LogP contribution >= 0.6 is 11.6 Å². The second kappa shape index (κ2) is 4.53. The van der Waals surface area contributed by atoms with Crippen LogP contribution in [0.1, 0.15) is 0 Å². The first-order valence-electron chi connectivity index (χ1n) is 2.07. The molecule has 0 aliphatic carbocycles. The average molecular weight is 131 g/mol. The van der Waals surface area contributed by atoms with Gasteiger partial charge in [-0.15, -0.1) is 0 Å². The van der Waals surface area contributed by atoms with Gasteiger partial charge in [0, 0.05) is 13.2 Å². The van der Waals surface area contributed by atoms with Gasteiger partial charge in [-0.05, 0) is 0 Å². The largest absolute Gasteiger partial charge is 0.293 e. The normalized spacial score (nSPS) is 12.5. The summed E-state index contributed by atoms with van der Waals surface area (Å²) in [6.45, 7) is 3.35. The molecule has 0 spiro atoms. The highest BCUT2D eigenvalue weighted by Gasteiger charge is 1.78. The Balaban J connectivity index is 3.79. The Labute approximate surface area is 53.6 Å². The van der Waals surface area contributed by atoms with Crippen molar-refractivity contribution in [3.05, 3.63) is 12.8 Å². The maximum Gasteiger partial charge on any atom is 0.146 e. The van der Waals surface area contributed by atoms with Crippen molar-refractivity contribution in [2.45, 2.75) is 0 Å². The van der Waals surface area contributed by atoms with E-state index < -0.39 is 0 Å². The maximum absolute atomic E-state index is 5.41. The van der Waals surface area contributed by atoms with Crippen LogP contribution in [0.25, 0.3) is 0 Å². The molecule has 0 amide bonds. The fourth-order valence-corrected chi connectivity index (χ4v) is 0.394. The SMILES string of the molecule is C=CN=C(Cl)C=NC. The first-order chi connectivity index (χ1) is 3.81. The molecule has 0 aliphatic rings. The van der Waals surface area contributed by atoms with E-state index in [1.165, 1.54) is 12.4 Å². The molecule has 0 aliphatic heterocycles. The molecule has 0 atom stereocenters. The van der Waals surface area contributed by atoms with Gasteiger partial charge in [0.25, 0.3) is 0 Å². The second-order valence-corrected chi connectivity index (χ2v) is 1.41. The van der Waals surface area contributed by atoms with Crippen LogP contribution in [0.2, 0.25) is 0 Å². The lowest BCUT2D eigenvalue weighted by Gasteiger charge is -1.78. The van der Waals surface area contributed by atoms with Crippen molar-refractivity contribution < 1.29 is 0 Å². The van der Waals surface area contributed by atoms with Crippen LogP contribution in [-0.2, 0) is 0 Å². The predicted molar refractivity (Wildman–Crippen MR) is 37.9 cm³/mol. The number of halogens is 1. The Kier molecular flexibility index (Phi) is 4.17. The zero-order valence-corrected chi connectivity index (χ0v) is 5.39. The molecule has 0 aromatic rings. The van der Waals surface area contributed by atoms with Gasteiger partial charge in [-0.3, -0.25) is 4.99 Å². The Morgan fingerprint density at radius 2 is 2.38 bits per heavy atom. The molecule has 0 aromatic carbocycles. The third-order valence-corrected chi connectivity index (χ3v) is 0.645. The van der Waals surface area contributed by atoms with Gasteiger partial charge in [0.15, 0.2) is 0 Å². The fourth-order valence-electron chi connectivity index (χ4n) is 0.227. The standard InChI is InChI=1S/C5H7ClN2/c1-3-8-5(6)4-7-2/h3-4H,1H2,2H3. The van der Waals surface area contributed by atoms with E-state index in [0.29, 0.717) is 5.17 Å². The molecule has 0 N–H and O–H groups in total. The van der Waals surface area contributed by atoms with Crippen LogP contribution in [0.5, 0.6) is 0 Å². The van der Waals surface area contributed by atoms with Crippen molar-refractivity contribution >= 4 is 23.0 Å². The van der Waals surface area contributed by atoms with Crippen molar-refractivity contribution in [1.29, 1.82) is 0 Å². The molecule has 0 fully saturated rings. The maximum atomic E-state index is 5.41. The molecule has 0 bridgehead atoms. The smallest absolute Gasteiger partial charge is 0.146 e. The highest BCUT2D eigenvalue weighted by molar-refractivity contribution is 6.79. The summed E-state index contributed by atoms with van der Waals surface area (Å²) in [7, 11) is 1.63. The summed E-state index contributed by atoms with van der Waals surface area (Å²) in [5.41, 5.74) is 0. The summed E-state index contributed by atoms with van der Waals surface area (Å²) in [4.78, 5) is 7.23. The molecular weight excluding hydrogens is 124 g/mol. The lowest BCUT2D eigenvalue weighted by molar-refractivity contribution is 1.48. The van der Waals surface area contributed by atoms with Crippen LogP contribution in [0.3, 0.4) is 0 Å². The lowest BCUT2D eigenvalue weighted by Crippen LogP contribution is -1.84. The topological polar surface area (TPSA) is 24.7 Å². The van der Waals surface area contributed by atoms with E-state index >= 15 is 0 Å². The van der Waals surface area contributed by atoms with E-state index in [4.69, 9.17) is 11.6 Å². The minimum Gasteiger partial charge on any atom is -0.293 e. The Morgan fingerprint density at radius 1 is 1.75 bits per heavy atom. The molecule has 44 valence electrons. The zero-order chi connectivity index (χ0) is 6.41. The Morgan fingerprint density at radius 3 is 2.75 bits per heavy atom. The van der Waals surface area contributed by atoms with E-state index in [1.807, 2.05) is 0 Å². The Hall–Kier alpha value is -0.630. The molecule has 0 heterocycles. The molecule has 0 radical (unpaired) electrons. The minimum absolute atomic E-state index is 0.350. The van der Waals surface area contributed by atoms with Crippen LogP contribution in [-0.4, -0.2) is 18.4 Å². The number of rotatable bonds is 2. The van der Waals surface area contributed by atoms with Crippen molar-refractivity contribution in [3.8, 4) is 0 Å². The van der Waals surface area contributed by atoms with Crippen LogP contribution in [0.4, 0.5) is 0 Å². The number of hydrogen-bond donors (Lipinski definition) is 0. The van der Waals surface area contributed by atoms with Gasteiger partial charge in [-0.1, -0.05) is 18.2 Å². The summed E-state index contributed by atoms with van der Waals surface area (Å²) in [6.07, 6.45) is 2.81. The summed E-state index contributed by atoms with van der Waals surface area (Å²) in [5.74, 6) is 0. The fraction of sp³-hybridized carbons (Fsp3) is 0.200. The lowest BCUT2D eigenvalue weighted by atomic mass is 10.8. The van der Waals surface area contributed by atoms with E-state index in [9.17, 15) is 0 Å². The van der Waals surface area contributed by atoms with Crippen molar-refractivity contribution in [2.24, 2.45) is 9.98 Å². The molecule has 8 heavy (non-hydrogen) atoms. The number of hydrogen-bond acceptors (Lipinski definition) is 2. The molecule has 0 rings (SSSR count). The van der Waals surface area contributed by atoms with Crippen LogP contribution < -0.4 is 0 Å². The Bertz CT molecular complexity index is 126. The molecule has 0 saturated heterocycles. The quantitative estimate of drug-likeness (QED) is 0.506. The average Bonchev–Trinajstić information content (AvgIpc) is 1.68. The van der Waals surface area contributed by atoms with Crippen molar-refractivity contribution in [3.63, 3.8) is 0 Å². The van der Waals surface area contributed by atoms with E-state index in [-0.39, 0.29) is 0 Å². The first kappa shape index (κ1) is 7.37. The molecule has 0 saturated carbocycles. The van der Waals surface area contributed by atoms with Gasteiger partial charge < -0.3 is 0 Å². The summed E-state index contributed by atoms with van der Waals surface area (Å²) >= 11 is 5.41. The molecular formula is C5H7ClN2. The zero-order valence-electron chi connectivity index (χ0n) is 4.63. The van der Waals surface area contributed by atoms with Gasteiger partial charge in [0.1, 0.15) is 5.17 Å². The van der Waals surface area contributed by atoms with Gasteiger partial charge in [-0.2, -0.15) is 0 Å². The first-order valence-corrected chi connectivity index (χ1v) is 2.45. The van der Waals surface area contributed by atoms with Gasteiger partial charge >= 0.3 is 0 Å². The predicted octanol–water partition coefficient (Wildman–Crippen LogP) is 1.47. The molecule has 3 heteroatoms. The van der Waals surface area contributed by atoms with Crippen LogP contribution in [0, 0.1) is 0 Å².